The molecule has 0 fully saturated rings. The summed E-state index contributed by atoms with van der Waals surface area (Å²) < 4.78 is 12.6. The molecule has 2 rings (SSSR count). The van der Waals surface area contributed by atoms with Gasteiger partial charge in [-0.15, -0.1) is 11.3 Å². The summed E-state index contributed by atoms with van der Waals surface area (Å²) in [4.78, 5) is 1.20. The summed E-state index contributed by atoms with van der Waals surface area (Å²) in [6.07, 6.45) is 4.00. The van der Waals surface area contributed by atoms with E-state index in [4.69, 9.17) is 0 Å². The molecule has 0 saturated heterocycles. The fraction of sp³-hybridized carbons (Fsp3) is 0. The second-order valence-corrected chi connectivity index (χ2v) is 3.88. The van der Waals surface area contributed by atoms with Crippen LogP contribution in [0.5, 0.6) is 0 Å². The van der Waals surface area contributed by atoms with Crippen LogP contribution in [0.25, 0.3) is 12.2 Å². The van der Waals surface area contributed by atoms with Gasteiger partial charge in [-0.1, -0.05) is 24.3 Å². The molecule has 1 aromatic heterocycles. The van der Waals surface area contributed by atoms with E-state index in [1.54, 1.807) is 23.5 Å². The molecule has 0 spiro atoms. The molecule has 0 unspecified atom stereocenters. The molecule has 0 nitrogen and oxygen atoms in total. The van der Waals surface area contributed by atoms with Crippen molar-refractivity contribution in [3.05, 3.63) is 58.0 Å². The summed E-state index contributed by atoms with van der Waals surface area (Å²) in [5.41, 5.74) is 1.01. The van der Waals surface area contributed by atoms with Crippen molar-refractivity contribution in [3.8, 4) is 0 Å². The maximum absolute atomic E-state index is 12.6. The Bertz CT molecular complexity index is 412. The van der Waals surface area contributed by atoms with Crippen LogP contribution in [0.15, 0.2) is 41.8 Å². The van der Waals surface area contributed by atoms with Gasteiger partial charge in [0.2, 0.25) is 0 Å². The molecule has 2 heteroatoms. The van der Waals surface area contributed by atoms with Crippen LogP contribution in [0.1, 0.15) is 10.4 Å². The predicted molar refractivity (Wildman–Crippen MR) is 59.6 cm³/mol. The smallest absolute Gasteiger partial charge is 0.123 e. The van der Waals surface area contributed by atoms with E-state index in [9.17, 15) is 4.39 Å². The first-order valence-corrected chi connectivity index (χ1v) is 5.20. The maximum atomic E-state index is 12.6. The molecule has 14 heavy (non-hydrogen) atoms. The van der Waals surface area contributed by atoms with Crippen molar-refractivity contribution in [2.45, 2.75) is 0 Å². The molecular weight excluding hydrogens is 195 g/mol. The fourth-order valence-electron chi connectivity index (χ4n) is 1.14. The molecule has 0 aliphatic heterocycles. The zero-order valence-electron chi connectivity index (χ0n) is 7.48. The Morgan fingerprint density at radius 1 is 1.00 bits per heavy atom. The second kappa shape index (κ2) is 4.20. The van der Waals surface area contributed by atoms with Gasteiger partial charge in [-0.05, 0) is 35.2 Å². The van der Waals surface area contributed by atoms with Gasteiger partial charge in [0, 0.05) is 4.88 Å². The van der Waals surface area contributed by atoms with Gasteiger partial charge in [0.25, 0.3) is 0 Å². The lowest BCUT2D eigenvalue weighted by Gasteiger charge is -1.91. The minimum Gasteiger partial charge on any atom is -0.207 e. The van der Waals surface area contributed by atoms with E-state index in [-0.39, 0.29) is 5.82 Å². The third kappa shape index (κ3) is 2.30. The monoisotopic (exact) mass is 204 g/mol. The summed E-state index contributed by atoms with van der Waals surface area (Å²) in [5.74, 6) is -0.196. The Balaban J connectivity index is 2.15. The zero-order valence-corrected chi connectivity index (χ0v) is 8.30. The Kier molecular flexibility index (Phi) is 2.75. The average molecular weight is 204 g/mol. The Hall–Kier alpha value is -1.41. The van der Waals surface area contributed by atoms with Gasteiger partial charge in [-0.25, -0.2) is 4.39 Å². The van der Waals surface area contributed by atoms with Gasteiger partial charge in [0.05, 0.1) is 0 Å². The first kappa shape index (κ1) is 9.16. The van der Waals surface area contributed by atoms with E-state index in [1.807, 2.05) is 29.7 Å². The highest BCUT2D eigenvalue weighted by Crippen LogP contribution is 2.13. The van der Waals surface area contributed by atoms with Crippen LogP contribution < -0.4 is 0 Å². The summed E-state index contributed by atoms with van der Waals surface area (Å²) in [5, 5.41) is 2.03. The van der Waals surface area contributed by atoms with Crippen LogP contribution in [0.4, 0.5) is 4.39 Å². The number of thiophene rings is 1. The Morgan fingerprint density at radius 3 is 2.43 bits per heavy atom. The molecular formula is C12H9FS. The van der Waals surface area contributed by atoms with Crippen molar-refractivity contribution < 1.29 is 4.39 Å². The van der Waals surface area contributed by atoms with Crippen molar-refractivity contribution in [2.75, 3.05) is 0 Å². The summed E-state index contributed by atoms with van der Waals surface area (Å²) in [7, 11) is 0. The van der Waals surface area contributed by atoms with Crippen molar-refractivity contribution in [2.24, 2.45) is 0 Å². The van der Waals surface area contributed by atoms with Gasteiger partial charge in [-0.3, -0.25) is 0 Å². The molecule has 0 amide bonds. The maximum Gasteiger partial charge on any atom is 0.123 e. The largest absolute Gasteiger partial charge is 0.207 e. The van der Waals surface area contributed by atoms with E-state index in [2.05, 4.69) is 0 Å². The predicted octanol–water partition coefficient (Wildman–Crippen LogP) is 4.06. The number of benzene rings is 1. The fourth-order valence-corrected chi connectivity index (χ4v) is 1.76. The van der Waals surface area contributed by atoms with Crippen LogP contribution in [0.2, 0.25) is 0 Å². The number of rotatable bonds is 2. The van der Waals surface area contributed by atoms with Gasteiger partial charge < -0.3 is 0 Å². The molecule has 0 aliphatic rings. The van der Waals surface area contributed by atoms with Crippen molar-refractivity contribution in [1.29, 1.82) is 0 Å². The lowest BCUT2D eigenvalue weighted by Crippen LogP contribution is -1.73. The molecule has 0 radical (unpaired) electrons. The quantitative estimate of drug-likeness (QED) is 0.692. The van der Waals surface area contributed by atoms with Crippen molar-refractivity contribution in [1.82, 2.24) is 0 Å². The topological polar surface area (TPSA) is 0 Å². The van der Waals surface area contributed by atoms with Crippen LogP contribution in [0.3, 0.4) is 0 Å². The van der Waals surface area contributed by atoms with Gasteiger partial charge in [0.1, 0.15) is 5.82 Å². The normalized spacial score (nSPS) is 10.9. The highest BCUT2D eigenvalue weighted by Gasteiger charge is 1.89. The average Bonchev–Trinajstić information content (AvgIpc) is 2.70. The summed E-state index contributed by atoms with van der Waals surface area (Å²) in [6.45, 7) is 0. The SMILES string of the molecule is Fc1ccc(/C=C/c2cccs2)cc1. The van der Waals surface area contributed by atoms with Crippen LogP contribution in [-0.4, -0.2) is 0 Å². The van der Waals surface area contributed by atoms with Crippen LogP contribution in [0, 0.1) is 5.82 Å². The van der Waals surface area contributed by atoms with Crippen molar-refractivity contribution >= 4 is 23.5 Å². The van der Waals surface area contributed by atoms with Gasteiger partial charge in [0.15, 0.2) is 0 Å². The molecule has 1 aromatic carbocycles. The van der Waals surface area contributed by atoms with Gasteiger partial charge in [-0.2, -0.15) is 0 Å². The first-order chi connectivity index (χ1) is 6.84. The van der Waals surface area contributed by atoms with Crippen molar-refractivity contribution in [3.63, 3.8) is 0 Å². The lowest BCUT2D eigenvalue weighted by molar-refractivity contribution is 0.628. The Labute approximate surface area is 86.3 Å². The molecule has 0 N–H and O–H groups in total. The number of hydrogen-bond donors (Lipinski definition) is 0. The van der Waals surface area contributed by atoms with E-state index in [1.165, 1.54) is 17.0 Å². The molecule has 0 bridgehead atoms. The standard InChI is InChI=1S/C12H9FS/c13-11-6-3-10(4-7-11)5-8-12-2-1-9-14-12/h1-9H/b8-5+. The summed E-state index contributed by atoms with van der Waals surface area (Å²) in [6, 6.07) is 10.5. The molecule has 1 heterocycles. The molecule has 2 aromatic rings. The number of hydrogen-bond acceptors (Lipinski definition) is 1. The van der Waals surface area contributed by atoms with Crippen LogP contribution >= 0.6 is 11.3 Å². The molecule has 0 saturated carbocycles. The zero-order chi connectivity index (χ0) is 9.80. The molecule has 70 valence electrons. The number of halogens is 1. The molecule has 0 aliphatic carbocycles. The third-order valence-corrected chi connectivity index (χ3v) is 2.69. The minimum atomic E-state index is -0.196. The van der Waals surface area contributed by atoms with Gasteiger partial charge >= 0.3 is 0 Å². The van der Waals surface area contributed by atoms with E-state index < -0.39 is 0 Å². The van der Waals surface area contributed by atoms with E-state index >= 15 is 0 Å². The highest BCUT2D eigenvalue weighted by atomic mass is 32.1. The summed E-state index contributed by atoms with van der Waals surface area (Å²) >= 11 is 1.68. The van der Waals surface area contributed by atoms with Crippen LogP contribution in [-0.2, 0) is 0 Å². The first-order valence-electron chi connectivity index (χ1n) is 4.32. The minimum absolute atomic E-state index is 0.196. The van der Waals surface area contributed by atoms with E-state index in [0.717, 1.165) is 5.56 Å². The van der Waals surface area contributed by atoms with E-state index in [0.29, 0.717) is 0 Å². The second-order valence-electron chi connectivity index (χ2n) is 2.90. The third-order valence-electron chi connectivity index (χ3n) is 1.85. The highest BCUT2D eigenvalue weighted by molar-refractivity contribution is 7.10. The lowest BCUT2D eigenvalue weighted by atomic mass is 10.2. The Morgan fingerprint density at radius 2 is 1.79 bits per heavy atom. The molecule has 0 atom stereocenters.